The van der Waals surface area contributed by atoms with Gasteiger partial charge in [-0.2, -0.15) is 0 Å². The molecule has 0 bridgehead atoms. The number of carbonyl (C=O) groups excluding carboxylic acids is 2. The summed E-state index contributed by atoms with van der Waals surface area (Å²) in [6.45, 7) is 1.46. The molecule has 1 aliphatic heterocycles. The Bertz CT molecular complexity index is 753. The molecule has 24 heavy (non-hydrogen) atoms. The van der Waals surface area contributed by atoms with Crippen LogP contribution in [-0.4, -0.2) is 49.1 Å². The smallest absolute Gasteiger partial charge is 0.315 e. The number of aromatic hydroxyl groups is 1. The van der Waals surface area contributed by atoms with Crippen LogP contribution >= 0.6 is 11.6 Å². The highest BCUT2D eigenvalue weighted by molar-refractivity contribution is 7.91. The lowest BCUT2D eigenvalue weighted by Gasteiger charge is -2.17. The van der Waals surface area contributed by atoms with Gasteiger partial charge in [0.05, 0.1) is 17.2 Å². The van der Waals surface area contributed by atoms with Crippen molar-refractivity contribution in [2.45, 2.75) is 25.4 Å². The summed E-state index contributed by atoms with van der Waals surface area (Å²) in [6, 6.07) is 2.20. The summed E-state index contributed by atoms with van der Waals surface area (Å²) in [6.07, 6.45) is 0.354. The molecule has 0 saturated carbocycles. The Morgan fingerprint density at radius 3 is 2.71 bits per heavy atom. The highest BCUT2D eigenvalue weighted by Gasteiger charge is 2.29. The largest absolute Gasteiger partial charge is 0.506 e. The highest BCUT2D eigenvalue weighted by atomic mass is 35.5. The Morgan fingerprint density at radius 2 is 2.08 bits per heavy atom. The lowest BCUT2D eigenvalue weighted by atomic mass is 10.2. The van der Waals surface area contributed by atoms with Crippen LogP contribution in [0.4, 0.5) is 10.5 Å². The number of sulfone groups is 1. The minimum absolute atomic E-state index is 0.0437. The molecule has 2 atom stereocenters. The Hall–Kier alpha value is -2.00. The van der Waals surface area contributed by atoms with Gasteiger partial charge in [-0.05, 0) is 31.5 Å². The molecular formula is C14H18ClN3O5S. The summed E-state index contributed by atoms with van der Waals surface area (Å²) in [5.41, 5.74) is 0.128. The van der Waals surface area contributed by atoms with Crippen LogP contribution in [0.1, 0.15) is 13.3 Å². The number of amides is 3. The fourth-order valence-corrected chi connectivity index (χ4v) is 4.09. The normalized spacial score (nSPS) is 20.2. The number of halogens is 1. The molecular weight excluding hydrogens is 358 g/mol. The topological polar surface area (TPSA) is 125 Å². The number of nitrogens with one attached hydrogen (secondary N) is 3. The summed E-state index contributed by atoms with van der Waals surface area (Å²) >= 11 is 5.79. The molecule has 1 fully saturated rings. The monoisotopic (exact) mass is 375 g/mol. The lowest BCUT2D eigenvalue weighted by Crippen LogP contribution is -2.49. The van der Waals surface area contributed by atoms with Crippen LogP contribution in [0.25, 0.3) is 0 Å². The van der Waals surface area contributed by atoms with Gasteiger partial charge >= 0.3 is 6.03 Å². The maximum Gasteiger partial charge on any atom is 0.315 e. The van der Waals surface area contributed by atoms with Gasteiger partial charge in [0.25, 0.3) is 0 Å². The predicted molar refractivity (Wildman–Crippen MR) is 89.9 cm³/mol. The molecule has 2 rings (SSSR count). The second-order valence-electron chi connectivity index (χ2n) is 5.59. The van der Waals surface area contributed by atoms with Crippen molar-refractivity contribution in [1.82, 2.24) is 10.6 Å². The molecule has 1 heterocycles. The molecule has 0 aromatic heterocycles. The fraction of sp³-hybridized carbons (Fsp3) is 0.429. The molecule has 1 saturated heterocycles. The summed E-state index contributed by atoms with van der Waals surface area (Å²) < 4.78 is 22.7. The van der Waals surface area contributed by atoms with Gasteiger partial charge in [0.15, 0.2) is 9.84 Å². The maximum absolute atomic E-state index is 12.0. The number of carbonyl (C=O) groups is 2. The van der Waals surface area contributed by atoms with Crippen LogP contribution in [-0.2, 0) is 14.6 Å². The number of hydrogen-bond acceptors (Lipinski definition) is 5. The van der Waals surface area contributed by atoms with Crippen molar-refractivity contribution in [2.24, 2.45) is 0 Å². The minimum Gasteiger partial charge on any atom is -0.506 e. The molecule has 2 unspecified atom stereocenters. The molecule has 0 aliphatic carbocycles. The van der Waals surface area contributed by atoms with E-state index in [1.54, 1.807) is 0 Å². The van der Waals surface area contributed by atoms with Crippen LogP contribution in [0.15, 0.2) is 18.2 Å². The van der Waals surface area contributed by atoms with Crippen LogP contribution in [0.3, 0.4) is 0 Å². The second-order valence-corrected chi connectivity index (χ2v) is 8.26. The van der Waals surface area contributed by atoms with Gasteiger partial charge < -0.3 is 21.1 Å². The zero-order chi connectivity index (χ0) is 17.9. The summed E-state index contributed by atoms with van der Waals surface area (Å²) in [5.74, 6) is -0.762. The number of hydrogen-bond donors (Lipinski definition) is 4. The number of benzene rings is 1. The number of urea groups is 1. The number of rotatable bonds is 4. The van der Waals surface area contributed by atoms with Crippen molar-refractivity contribution in [3.05, 3.63) is 23.2 Å². The minimum atomic E-state index is -3.10. The quantitative estimate of drug-likeness (QED) is 0.581. The van der Waals surface area contributed by atoms with E-state index in [2.05, 4.69) is 16.0 Å². The maximum atomic E-state index is 12.0. The van der Waals surface area contributed by atoms with Gasteiger partial charge in [-0.1, -0.05) is 11.6 Å². The number of phenols is 1. The molecule has 8 nitrogen and oxygen atoms in total. The molecule has 4 N–H and O–H groups in total. The van der Waals surface area contributed by atoms with E-state index in [0.717, 1.165) is 0 Å². The highest BCUT2D eigenvalue weighted by Crippen LogP contribution is 2.26. The van der Waals surface area contributed by atoms with E-state index < -0.39 is 33.9 Å². The van der Waals surface area contributed by atoms with E-state index >= 15 is 0 Å². The Labute approximate surface area is 144 Å². The van der Waals surface area contributed by atoms with Crippen LogP contribution in [0, 0.1) is 0 Å². The average Bonchev–Trinajstić information content (AvgIpc) is 2.81. The first-order chi connectivity index (χ1) is 11.2. The SMILES string of the molecule is CC(NC(=O)NC1CCS(=O)(=O)C1)C(=O)Nc1cc(Cl)ccc1O. The zero-order valence-corrected chi connectivity index (χ0v) is 14.4. The van der Waals surface area contributed by atoms with E-state index in [1.807, 2.05) is 0 Å². The van der Waals surface area contributed by atoms with E-state index in [4.69, 9.17) is 11.6 Å². The van der Waals surface area contributed by atoms with Crippen molar-refractivity contribution >= 4 is 39.1 Å². The third kappa shape index (κ3) is 5.00. The molecule has 1 aliphatic rings. The van der Waals surface area contributed by atoms with E-state index in [9.17, 15) is 23.1 Å². The standard InChI is InChI=1S/C14H18ClN3O5S/c1-8(13(20)18-11-6-9(15)2-3-12(11)19)16-14(21)17-10-4-5-24(22,23)7-10/h2-3,6,8,10,19H,4-5,7H2,1H3,(H,18,20)(H2,16,17,21). The third-order valence-corrected chi connectivity index (χ3v) is 5.53. The third-order valence-electron chi connectivity index (χ3n) is 3.53. The van der Waals surface area contributed by atoms with E-state index in [-0.39, 0.29) is 22.9 Å². The van der Waals surface area contributed by atoms with Crippen molar-refractivity contribution in [3.63, 3.8) is 0 Å². The number of anilines is 1. The van der Waals surface area contributed by atoms with Gasteiger partial charge in [0.1, 0.15) is 11.8 Å². The van der Waals surface area contributed by atoms with Crippen LogP contribution in [0.5, 0.6) is 5.75 Å². The molecule has 1 aromatic carbocycles. The molecule has 10 heteroatoms. The summed E-state index contributed by atoms with van der Waals surface area (Å²) in [4.78, 5) is 23.9. The van der Waals surface area contributed by atoms with Gasteiger partial charge in [0, 0.05) is 11.1 Å². The summed E-state index contributed by atoms with van der Waals surface area (Å²) in [5, 5.41) is 17.4. The van der Waals surface area contributed by atoms with Crippen molar-refractivity contribution in [1.29, 1.82) is 0 Å². The van der Waals surface area contributed by atoms with Gasteiger partial charge in [-0.25, -0.2) is 13.2 Å². The van der Waals surface area contributed by atoms with Crippen LogP contribution in [0.2, 0.25) is 5.02 Å². The first kappa shape index (κ1) is 18.3. The van der Waals surface area contributed by atoms with Crippen molar-refractivity contribution < 1.29 is 23.1 Å². The summed E-state index contributed by atoms with van der Waals surface area (Å²) in [7, 11) is -3.10. The lowest BCUT2D eigenvalue weighted by molar-refractivity contribution is -0.117. The van der Waals surface area contributed by atoms with Gasteiger partial charge in [0.2, 0.25) is 5.91 Å². The average molecular weight is 376 g/mol. The Kier molecular flexibility index (Phi) is 5.55. The van der Waals surface area contributed by atoms with Crippen LogP contribution < -0.4 is 16.0 Å². The fourth-order valence-electron chi connectivity index (χ4n) is 2.25. The van der Waals surface area contributed by atoms with E-state index in [1.165, 1.54) is 25.1 Å². The van der Waals surface area contributed by atoms with Crippen molar-refractivity contribution in [3.8, 4) is 5.75 Å². The predicted octanol–water partition coefficient (Wildman–Crippen LogP) is 0.859. The first-order valence-electron chi connectivity index (χ1n) is 7.23. The molecule has 1 aromatic rings. The van der Waals surface area contributed by atoms with Gasteiger partial charge in [-0.3, -0.25) is 4.79 Å². The second kappa shape index (κ2) is 7.27. The molecule has 3 amide bonds. The Morgan fingerprint density at radius 1 is 1.38 bits per heavy atom. The number of phenolic OH excluding ortho intramolecular Hbond substituents is 1. The van der Waals surface area contributed by atoms with E-state index in [0.29, 0.717) is 11.4 Å². The van der Waals surface area contributed by atoms with Crippen molar-refractivity contribution in [2.75, 3.05) is 16.8 Å². The molecule has 0 radical (unpaired) electrons. The first-order valence-corrected chi connectivity index (χ1v) is 9.43. The Balaban J connectivity index is 1.87. The zero-order valence-electron chi connectivity index (χ0n) is 12.9. The molecule has 132 valence electrons. The van der Waals surface area contributed by atoms with Gasteiger partial charge in [-0.15, -0.1) is 0 Å². The molecule has 0 spiro atoms.